The summed E-state index contributed by atoms with van der Waals surface area (Å²) in [6, 6.07) is 4.42. The van der Waals surface area contributed by atoms with Crippen molar-refractivity contribution < 1.29 is 19.0 Å². The maximum Gasteiger partial charge on any atom is 0.335 e. The van der Waals surface area contributed by atoms with Crippen LogP contribution in [0.15, 0.2) is 18.2 Å². The van der Waals surface area contributed by atoms with Gasteiger partial charge in [-0.3, -0.25) is 0 Å². The van der Waals surface area contributed by atoms with Gasteiger partial charge in [-0.25, -0.2) is 9.18 Å². The van der Waals surface area contributed by atoms with Gasteiger partial charge >= 0.3 is 5.97 Å². The molecule has 3 nitrogen and oxygen atoms in total. The number of ether oxygens (including phenoxy) is 1. The van der Waals surface area contributed by atoms with Crippen LogP contribution in [0.5, 0.6) is 0 Å². The molecule has 1 unspecified atom stereocenters. The van der Waals surface area contributed by atoms with E-state index in [-0.39, 0.29) is 23.6 Å². The lowest BCUT2D eigenvalue weighted by molar-refractivity contribution is -0.152. The Kier molecular flexibility index (Phi) is 4.71. The van der Waals surface area contributed by atoms with Gasteiger partial charge in [0.1, 0.15) is 5.82 Å². The minimum atomic E-state index is -1.37. The average molecular weight is 247 g/mol. The Morgan fingerprint density at radius 1 is 1.62 bits per heavy atom. The summed E-state index contributed by atoms with van der Waals surface area (Å²) in [6.07, 6.45) is -1.52. The Bertz CT molecular complexity index is 381. The normalized spacial score (nSPS) is 12.2. The van der Waals surface area contributed by atoms with Crippen LogP contribution in [0.25, 0.3) is 0 Å². The van der Waals surface area contributed by atoms with E-state index < -0.39 is 17.9 Å². The molecule has 0 aliphatic carbocycles. The largest absolute Gasteiger partial charge is 0.464 e. The molecule has 0 aromatic heterocycles. The van der Waals surface area contributed by atoms with E-state index in [2.05, 4.69) is 4.74 Å². The minimum absolute atomic E-state index is 0.0337. The monoisotopic (exact) mass is 246 g/mol. The number of aliphatic hydroxyl groups excluding tert-OH is 1. The van der Waals surface area contributed by atoms with Gasteiger partial charge in [-0.2, -0.15) is 0 Å². The first-order valence-corrected chi connectivity index (χ1v) is 5.21. The maximum absolute atomic E-state index is 13.4. The van der Waals surface area contributed by atoms with E-state index in [0.717, 1.165) is 0 Å². The molecule has 0 bridgehead atoms. The quantitative estimate of drug-likeness (QED) is 0.826. The van der Waals surface area contributed by atoms with Gasteiger partial charge in [0.15, 0.2) is 6.10 Å². The number of esters is 1. The van der Waals surface area contributed by atoms with E-state index in [0.29, 0.717) is 0 Å². The molecule has 5 heteroatoms. The molecule has 0 saturated heterocycles. The summed E-state index contributed by atoms with van der Waals surface area (Å²) in [5, 5.41) is 9.40. The number of hydrogen-bond donors (Lipinski definition) is 1. The molecule has 1 aromatic carbocycles. The Hall–Kier alpha value is -1.13. The zero-order chi connectivity index (χ0) is 12.1. The topological polar surface area (TPSA) is 46.5 Å². The fourth-order valence-corrected chi connectivity index (χ4v) is 1.43. The summed E-state index contributed by atoms with van der Waals surface area (Å²) in [5.74, 6) is -1.38. The lowest BCUT2D eigenvalue weighted by Gasteiger charge is -2.10. The van der Waals surface area contributed by atoms with E-state index in [4.69, 9.17) is 11.6 Å². The van der Waals surface area contributed by atoms with E-state index >= 15 is 0 Å². The summed E-state index contributed by atoms with van der Waals surface area (Å²) in [6.45, 7) is 1.80. The van der Waals surface area contributed by atoms with Gasteiger partial charge in [0.05, 0.1) is 11.6 Å². The molecule has 0 spiro atoms. The minimum Gasteiger partial charge on any atom is -0.464 e. The van der Waals surface area contributed by atoms with Crippen LogP contribution in [-0.4, -0.2) is 23.8 Å². The summed E-state index contributed by atoms with van der Waals surface area (Å²) < 4.78 is 18.0. The molecule has 1 N–H and O–H groups in total. The SMILES string of the molecule is CCOC(=O)C(O)Cc1cccc(Cl)c1F. The molecule has 1 atom stereocenters. The van der Waals surface area contributed by atoms with Crippen molar-refractivity contribution in [2.75, 3.05) is 6.61 Å². The first-order chi connectivity index (χ1) is 7.56. The molecule has 0 saturated carbocycles. The van der Waals surface area contributed by atoms with Gasteiger partial charge in [-0.1, -0.05) is 23.7 Å². The van der Waals surface area contributed by atoms with Crippen LogP contribution >= 0.6 is 11.6 Å². The summed E-state index contributed by atoms with van der Waals surface area (Å²) in [5.41, 5.74) is 0.188. The third-order valence-corrected chi connectivity index (χ3v) is 2.30. The van der Waals surface area contributed by atoms with Crippen molar-refractivity contribution >= 4 is 17.6 Å². The van der Waals surface area contributed by atoms with E-state index in [9.17, 15) is 14.3 Å². The Morgan fingerprint density at radius 2 is 2.31 bits per heavy atom. The van der Waals surface area contributed by atoms with Crippen LogP contribution in [0.4, 0.5) is 4.39 Å². The number of hydrogen-bond acceptors (Lipinski definition) is 3. The van der Waals surface area contributed by atoms with Gasteiger partial charge < -0.3 is 9.84 Å². The van der Waals surface area contributed by atoms with Crippen molar-refractivity contribution in [3.63, 3.8) is 0 Å². The molecule has 0 aliphatic rings. The fraction of sp³-hybridized carbons (Fsp3) is 0.364. The lowest BCUT2D eigenvalue weighted by Crippen LogP contribution is -2.25. The highest BCUT2D eigenvalue weighted by Crippen LogP contribution is 2.19. The molecule has 1 aromatic rings. The molecule has 0 amide bonds. The standard InChI is InChI=1S/C11H12ClFO3/c1-2-16-11(15)9(14)6-7-4-3-5-8(12)10(7)13/h3-5,9,14H,2,6H2,1H3. The van der Waals surface area contributed by atoms with Gasteiger partial charge in [0.2, 0.25) is 0 Å². The zero-order valence-electron chi connectivity index (χ0n) is 8.74. The Labute approximate surface area is 97.8 Å². The number of rotatable bonds is 4. The second-order valence-corrected chi connectivity index (χ2v) is 3.59. The third kappa shape index (κ3) is 3.18. The van der Waals surface area contributed by atoms with Crippen LogP contribution in [-0.2, 0) is 16.0 Å². The fourth-order valence-electron chi connectivity index (χ4n) is 1.24. The first-order valence-electron chi connectivity index (χ1n) is 4.83. The molecule has 16 heavy (non-hydrogen) atoms. The van der Waals surface area contributed by atoms with E-state index in [1.54, 1.807) is 13.0 Å². The second kappa shape index (κ2) is 5.82. The summed E-state index contributed by atoms with van der Waals surface area (Å²) >= 11 is 5.57. The van der Waals surface area contributed by atoms with E-state index in [1.807, 2.05) is 0 Å². The van der Waals surface area contributed by atoms with Gasteiger partial charge in [0, 0.05) is 6.42 Å². The van der Waals surface area contributed by atoms with Crippen LogP contribution in [0.3, 0.4) is 0 Å². The van der Waals surface area contributed by atoms with Crippen molar-refractivity contribution in [1.82, 2.24) is 0 Å². The average Bonchev–Trinajstić information content (AvgIpc) is 2.25. The highest BCUT2D eigenvalue weighted by Gasteiger charge is 2.19. The molecule has 0 fully saturated rings. The van der Waals surface area contributed by atoms with Crippen molar-refractivity contribution in [3.05, 3.63) is 34.6 Å². The van der Waals surface area contributed by atoms with Crippen molar-refractivity contribution in [2.45, 2.75) is 19.4 Å². The van der Waals surface area contributed by atoms with Crippen LogP contribution in [0.2, 0.25) is 5.02 Å². The Morgan fingerprint density at radius 3 is 2.94 bits per heavy atom. The summed E-state index contributed by atoms with van der Waals surface area (Å²) in [7, 11) is 0. The van der Waals surface area contributed by atoms with Crippen LogP contribution < -0.4 is 0 Å². The number of carbonyl (C=O) groups is 1. The molecule has 0 radical (unpaired) electrons. The predicted octanol–water partition coefficient (Wildman–Crippen LogP) is 1.95. The lowest BCUT2D eigenvalue weighted by atomic mass is 10.1. The molecule has 0 aliphatic heterocycles. The molecule has 1 rings (SSSR count). The highest BCUT2D eigenvalue weighted by molar-refractivity contribution is 6.30. The highest BCUT2D eigenvalue weighted by atomic mass is 35.5. The van der Waals surface area contributed by atoms with Crippen molar-refractivity contribution in [2.24, 2.45) is 0 Å². The zero-order valence-corrected chi connectivity index (χ0v) is 9.50. The smallest absolute Gasteiger partial charge is 0.335 e. The van der Waals surface area contributed by atoms with Gasteiger partial charge in [-0.05, 0) is 18.6 Å². The number of halogens is 2. The maximum atomic E-state index is 13.4. The molecule has 0 heterocycles. The number of carbonyl (C=O) groups excluding carboxylic acids is 1. The van der Waals surface area contributed by atoms with Gasteiger partial charge in [0.25, 0.3) is 0 Å². The van der Waals surface area contributed by atoms with Gasteiger partial charge in [-0.15, -0.1) is 0 Å². The second-order valence-electron chi connectivity index (χ2n) is 3.18. The predicted molar refractivity (Wildman–Crippen MR) is 57.8 cm³/mol. The van der Waals surface area contributed by atoms with Crippen molar-refractivity contribution in [1.29, 1.82) is 0 Å². The van der Waals surface area contributed by atoms with Crippen LogP contribution in [0.1, 0.15) is 12.5 Å². The molecular weight excluding hydrogens is 235 g/mol. The number of benzene rings is 1. The third-order valence-electron chi connectivity index (χ3n) is 2.00. The molecular formula is C11H12ClFO3. The molecule has 88 valence electrons. The van der Waals surface area contributed by atoms with E-state index in [1.165, 1.54) is 12.1 Å². The van der Waals surface area contributed by atoms with Crippen molar-refractivity contribution in [3.8, 4) is 0 Å². The first kappa shape index (κ1) is 12.9. The number of aliphatic hydroxyl groups is 1. The summed E-state index contributed by atoms with van der Waals surface area (Å²) in [4.78, 5) is 11.1. The Balaban J connectivity index is 2.73. The van der Waals surface area contributed by atoms with Crippen LogP contribution in [0, 0.1) is 5.82 Å².